The Kier molecular flexibility index (Phi) is 3.00. The van der Waals surface area contributed by atoms with Gasteiger partial charge in [-0.2, -0.15) is 0 Å². The normalized spacial score (nSPS) is 10.1. The van der Waals surface area contributed by atoms with Crippen LogP contribution in [0, 0.1) is 5.82 Å². The lowest BCUT2D eigenvalue weighted by Crippen LogP contribution is -2.02. The first-order valence-electron chi connectivity index (χ1n) is 4.93. The summed E-state index contributed by atoms with van der Waals surface area (Å²) in [5.74, 6) is -0.232. The molecule has 4 heteroatoms. The molecule has 2 aromatic rings. The molecule has 3 nitrogen and oxygen atoms in total. The molecule has 82 valence electrons. The number of hydrogen-bond donors (Lipinski definition) is 2. The van der Waals surface area contributed by atoms with Crippen LogP contribution in [0.4, 0.5) is 15.8 Å². The molecular weight excluding hydrogens is 205 g/mol. The van der Waals surface area contributed by atoms with Gasteiger partial charge in [-0.1, -0.05) is 12.1 Å². The van der Waals surface area contributed by atoms with Gasteiger partial charge in [-0.25, -0.2) is 4.39 Å². The molecule has 1 aromatic carbocycles. The molecular formula is C12H12FN3. The highest BCUT2D eigenvalue weighted by Crippen LogP contribution is 2.16. The minimum absolute atomic E-state index is 0.232. The fourth-order valence-electron chi connectivity index (χ4n) is 1.35. The summed E-state index contributed by atoms with van der Waals surface area (Å²) in [4.78, 5) is 3.97. The molecule has 1 aromatic heterocycles. The zero-order chi connectivity index (χ0) is 11.4. The number of nitrogens with zero attached hydrogens (tertiary/aromatic N) is 1. The molecule has 0 unspecified atom stereocenters. The largest absolute Gasteiger partial charge is 0.397 e. The Morgan fingerprint density at radius 3 is 2.62 bits per heavy atom. The van der Waals surface area contributed by atoms with Crippen LogP contribution in [-0.4, -0.2) is 4.98 Å². The number of pyridine rings is 1. The molecule has 0 aliphatic heterocycles. The molecule has 16 heavy (non-hydrogen) atoms. The van der Waals surface area contributed by atoms with Gasteiger partial charge in [-0.05, 0) is 23.8 Å². The van der Waals surface area contributed by atoms with Gasteiger partial charge in [-0.3, -0.25) is 4.98 Å². The Morgan fingerprint density at radius 1 is 1.19 bits per heavy atom. The number of nitrogens with one attached hydrogen (secondary N) is 1. The highest BCUT2D eigenvalue weighted by atomic mass is 19.1. The van der Waals surface area contributed by atoms with Crippen molar-refractivity contribution in [1.82, 2.24) is 4.98 Å². The molecule has 0 bridgehead atoms. The predicted octanol–water partition coefficient (Wildman–Crippen LogP) is 2.42. The number of halogens is 1. The summed E-state index contributed by atoms with van der Waals surface area (Å²) < 4.78 is 12.7. The number of nitrogens with two attached hydrogens (primary N) is 1. The van der Waals surface area contributed by atoms with Crippen molar-refractivity contribution in [2.45, 2.75) is 6.54 Å². The minimum Gasteiger partial charge on any atom is -0.397 e. The van der Waals surface area contributed by atoms with Crippen molar-refractivity contribution in [2.75, 3.05) is 11.1 Å². The first-order chi connectivity index (χ1) is 7.75. The van der Waals surface area contributed by atoms with Crippen molar-refractivity contribution in [1.29, 1.82) is 0 Å². The van der Waals surface area contributed by atoms with Crippen LogP contribution in [0.15, 0.2) is 42.7 Å². The highest BCUT2D eigenvalue weighted by molar-refractivity contribution is 5.64. The average Bonchev–Trinajstić information content (AvgIpc) is 2.30. The third kappa shape index (κ3) is 2.48. The van der Waals surface area contributed by atoms with Crippen molar-refractivity contribution in [3.8, 4) is 0 Å². The van der Waals surface area contributed by atoms with Gasteiger partial charge in [0.1, 0.15) is 5.82 Å². The van der Waals surface area contributed by atoms with Gasteiger partial charge in [0.05, 0.1) is 17.6 Å². The number of benzene rings is 1. The highest BCUT2D eigenvalue weighted by Gasteiger charge is 1.98. The van der Waals surface area contributed by atoms with Crippen molar-refractivity contribution in [3.05, 3.63) is 54.1 Å². The second-order valence-corrected chi connectivity index (χ2v) is 3.44. The smallest absolute Gasteiger partial charge is 0.123 e. The van der Waals surface area contributed by atoms with Crippen molar-refractivity contribution >= 4 is 11.4 Å². The fourth-order valence-corrected chi connectivity index (χ4v) is 1.35. The zero-order valence-electron chi connectivity index (χ0n) is 8.65. The second kappa shape index (κ2) is 4.61. The summed E-state index contributed by atoms with van der Waals surface area (Å²) in [7, 11) is 0. The maximum Gasteiger partial charge on any atom is 0.123 e. The van der Waals surface area contributed by atoms with E-state index in [0.717, 1.165) is 11.3 Å². The van der Waals surface area contributed by atoms with Crippen LogP contribution in [0.5, 0.6) is 0 Å². The molecule has 0 fully saturated rings. The van der Waals surface area contributed by atoms with Crippen LogP contribution < -0.4 is 11.1 Å². The molecule has 0 spiro atoms. The van der Waals surface area contributed by atoms with E-state index in [2.05, 4.69) is 10.3 Å². The van der Waals surface area contributed by atoms with Crippen LogP contribution >= 0.6 is 0 Å². The second-order valence-electron chi connectivity index (χ2n) is 3.44. The van der Waals surface area contributed by atoms with Gasteiger partial charge in [-0.15, -0.1) is 0 Å². The number of anilines is 2. The Bertz CT molecular complexity index is 468. The van der Waals surface area contributed by atoms with Crippen LogP contribution in [0.25, 0.3) is 0 Å². The molecule has 3 N–H and O–H groups in total. The average molecular weight is 217 g/mol. The van der Waals surface area contributed by atoms with Crippen LogP contribution in [0.3, 0.4) is 0 Å². The maximum absolute atomic E-state index is 12.7. The molecule has 0 amide bonds. The third-order valence-corrected chi connectivity index (χ3v) is 2.25. The van der Waals surface area contributed by atoms with Gasteiger partial charge in [0.25, 0.3) is 0 Å². The minimum atomic E-state index is -0.232. The van der Waals surface area contributed by atoms with Crippen molar-refractivity contribution in [3.63, 3.8) is 0 Å². The topological polar surface area (TPSA) is 50.9 Å². The van der Waals surface area contributed by atoms with Crippen molar-refractivity contribution < 1.29 is 4.39 Å². The zero-order valence-corrected chi connectivity index (χ0v) is 8.65. The molecule has 1 heterocycles. The standard InChI is InChI=1S/C12H12FN3/c13-10-3-1-9(2-4-10)7-16-12-8-15-6-5-11(12)14/h1-6,8,16H,7H2,(H2,14,15). The summed E-state index contributed by atoms with van der Waals surface area (Å²) in [6.45, 7) is 0.593. The molecule has 2 rings (SSSR count). The monoisotopic (exact) mass is 217 g/mol. The van der Waals surface area contributed by atoms with Crippen LogP contribution in [-0.2, 0) is 6.54 Å². The van der Waals surface area contributed by atoms with Crippen LogP contribution in [0.2, 0.25) is 0 Å². The molecule has 0 aliphatic rings. The third-order valence-electron chi connectivity index (χ3n) is 2.25. The lowest BCUT2D eigenvalue weighted by molar-refractivity contribution is 0.627. The molecule has 0 saturated heterocycles. The number of rotatable bonds is 3. The van der Waals surface area contributed by atoms with E-state index < -0.39 is 0 Å². The maximum atomic E-state index is 12.7. The predicted molar refractivity (Wildman–Crippen MR) is 62.4 cm³/mol. The van der Waals surface area contributed by atoms with E-state index in [0.29, 0.717) is 12.2 Å². The first kappa shape index (κ1) is 10.4. The Hall–Kier alpha value is -2.10. The van der Waals surface area contributed by atoms with Gasteiger partial charge >= 0.3 is 0 Å². The van der Waals surface area contributed by atoms with Crippen LogP contribution in [0.1, 0.15) is 5.56 Å². The van der Waals surface area contributed by atoms with Gasteiger partial charge in [0.15, 0.2) is 0 Å². The summed E-state index contributed by atoms with van der Waals surface area (Å²) >= 11 is 0. The first-order valence-corrected chi connectivity index (χ1v) is 4.93. The molecule has 0 radical (unpaired) electrons. The molecule has 0 aliphatic carbocycles. The van der Waals surface area contributed by atoms with Gasteiger partial charge in [0.2, 0.25) is 0 Å². The summed E-state index contributed by atoms with van der Waals surface area (Å²) in [6.07, 6.45) is 3.30. The van der Waals surface area contributed by atoms with E-state index in [9.17, 15) is 4.39 Å². The number of hydrogen-bond acceptors (Lipinski definition) is 3. The fraction of sp³-hybridized carbons (Fsp3) is 0.0833. The SMILES string of the molecule is Nc1ccncc1NCc1ccc(F)cc1. The van der Waals surface area contributed by atoms with E-state index in [4.69, 9.17) is 5.73 Å². The Balaban J connectivity index is 2.02. The van der Waals surface area contributed by atoms with E-state index in [1.165, 1.54) is 12.1 Å². The Morgan fingerprint density at radius 2 is 1.94 bits per heavy atom. The number of nitrogen functional groups attached to an aromatic ring is 1. The molecule has 0 atom stereocenters. The van der Waals surface area contributed by atoms with E-state index in [-0.39, 0.29) is 5.82 Å². The lowest BCUT2D eigenvalue weighted by Gasteiger charge is -2.08. The summed E-state index contributed by atoms with van der Waals surface area (Å²) in [6, 6.07) is 8.06. The van der Waals surface area contributed by atoms with E-state index in [1.54, 1.807) is 30.6 Å². The van der Waals surface area contributed by atoms with Gasteiger partial charge in [0, 0.05) is 12.7 Å². The van der Waals surface area contributed by atoms with Crippen molar-refractivity contribution in [2.24, 2.45) is 0 Å². The quantitative estimate of drug-likeness (QED) is 0.830. The number of aromatic nitrogens is 1. The summed E-state index contributed by atoms with van der Waals surface area (Å²) in [5, 5.41) is 3.14. The van der Waals surface area contributed by atoms with Gasteiger partial charge < -0.3 is 11.1 Å². The van der Waals surface area contributed by atoms with E-state index >= 15 is 0 Å². The molecule has 0 saturated carbocycles. The summed E-state index contributed by atoms with van der Waals surface area (Å²) in [5.41, 5.74) is 8.17. The lowest BCUT2D eigenvalue weighted by atomic mass is 10.2. The Labute approximate surface area is 93.1 Å². The van der Waals surface area contributed by atoms with E-state index in [1.807, 2.05) is 0 Å².